The van der Waals surface area contributed by atoms with Gasteiger partial charge in [-0.2, -0.15) is 0 Å². The van der Waals surface area contributed by atoms with Crippen molar-refractivity contribution in [3.63, 3.8) is 0 Å². The Hall–Kier alpha value is -1.46. The van der Waals surface area contributed by atoms with Gasteiger partial charge in [0, 0.05) is 32.7 Å². The molecule has 1 unspecified atom stereocenters. The molecule has 0 bridgehead atoms. The van der Waals surface area contributed by atoms with E-state index in [-0.39, 0.29) is 18.1 Å². The maximum Gasteiger partial charge on any atom is 0.317 e. The highest BCUT2D eigenvalue weighted by molar-refractivity contribution is 5.78. The van der Waals surface area contributed by atoms with E-state index in [2.05, 4.69) is 10.6 Å². The highest BCUT2D eigenvalue weighted by atomic mass is 16.2. The van der Waals surface area contributed by atoms with Gasteiger partial charge in [-0.3, -0.25) is 0 Å². The first-order chi connectivity index (χ1) is 9.68. The summed E-state index contributed by atoms with van der Waals surface area (Å²) >= 11 is 0. The van der Waals surface area contributed by atoms with E-state index in [1.54, 1.807) is 0 Å². The molecule has 6 heteroatoms. The zero-order chi connectivity index (χ0) is 13.7. The van der Waals surface area contributed by atoms with Crippen LogP contribution in [0.15, 0.2) is 0 Å². The fourth-order valence-electron chi connectivity index (χ4n) is 3.74. The summed E-state index contributed by atoms with van der Waals surface area (Å²) in [4.78, 5) is 27.5. The predicted molar refractivity (Wildman–Crippen MR) is 73.3 cm³/mol. The molecule has 0 spiro atoms. The fraction of sp³-hybridized carbons (Fsp3) is 0.857. The van der Waals surface area contributed by atoms with E-state index in [0.717, 1.165) is 12.5 Å². The second kappa shape index (κ2) is 4.27. The van der Waals surface area contributed by atoms with Crippen LogP contribution in [-0.4, -0.2) is 60.6 Å². The number of hydrogen-bond donors (Lipinski definition) is 2. The highest BCUT2D eigenvalue weighted by Gasteiger charge is 2.53. The first-order valence-electron chi connectivity index (χ1n) is 7.75. The van der Waals surface area contributed by atoms with Crippen LogP contribution in [0.2, 0.25) is 0 Å². The van der Waals surface area contributed by atoms with Gasteiger partial charge in [-0.15, -0.1) is 0 Å². The molecule has 4 rings (SSSR count). The van der Waals surface area contributed by atoms with Crippen molar-refractivity contribution in [2.45, 2.75) is 31.7 Å². The van der Waals surface area contributed by atoms with Crippen molar-refractivity contribution in [2.24, 2.45) is 11.3 Å². The molecule has 2 aliphatic carbocycles. The Morgan fingerprint density at radius 2 is 2.15 bits per heavy atom. The monoisotopic (exact) mass is 278 g/mol. The zero-order valence-corrected chi connectivity index (χ0v) is 11.7. The molecule has 20 heavy (non-hydrogen) atoms. The molecule has 2 saturated heterocycles. The molecule has 0 aromatic heterocycles. The second-order valence-electron chi connectivity index (χ2n) is 6.77. The molecule has 110 valence electrons. The lowest BCUT2D eigenvalue weighted by Crippen LogP contribution is -2.56. The molecule has 6 nitrogen and oxygen atoms in total. The van der Waals surface area contributed by atoms with Crippen molar-refractivity contribution < 1.29 is 9.59 Å². The van der Waals surface area contributed by atoms with Crippen LogP contribution in [0.5, 0.6) is 0 Å². The second-order valence-corrected chi connectivity index (χ2v) is 6.77. The van der Waals surface area contributed by atoms with Gasteiger partial charge in [0.25, 0.3) is 0 Å². The molecule has 2 saturated carbocycles. The number of piperazine rings is 1. The number of hydrogen-bond acceptors (Lipinski definition) is 2. The van der Waals surface area contributed by atoms with Crippen LogP contribution in [-0.2, 0) is 0 Å². The Bertz CT molecular complexity index is 444. The van der Waals surface area contributed by atoms with Crippen molar-refractivity contribution in [3.05, 3.63) is 0 Å². The molecule has 2 aliphatic heterocycles. The van der Waals surface area contributed by atoms with Gasteiger partial charge in [-0.1, -0.05) is 0 Å². The number of carbonyl (C=O) groups is 2. The average molecular weight is 278 g/mol. The number of fused-ring (bicyclic) bond motifs is 1. The quantitative estimate of drug-likeness (QED) is 0.794. The SMILES string of the molecule is O=C(NCC1(C2CC2)CC1)N1CCN2C(=O)NCC2C1. The first-order valence-corrected chi connectivity index (χ1v) is 7.75. The topological polar surface area (TPSA) is 64.7 Å². The van der Waals surface area contributed by atoms with Gasteiger partial charge in [0.05, 0.1) is 6.04 Å². The summed E-state index contributed by atoms with van der Waals surface area (Å²) in [6.07, 6.45) is 5.27. The summed E-state index contributed by atoms with van der Waals surface area (Å²) < 4.78 is 0. The van der Waals surface area contributed by atoms with Crippen LogP contribution >= 0.6 is 0 Å². The Morgan fingerprint density at radius 1 is 1.35 bits per heavy atom. The lowest BCUT2D eigenvalue weighted by molar-refractivity contribution is 0.128. The third-order valence-electron chi connectivity index (χ3n) is 5.45. The van der Waals surface area contributed by atoms with Crippen LogP contribution in [0.3, 0.4) is 0 Å². The smallest absolute Gasteiger partial charge is 0.317 e. The fourth-order valence-corrected chi connectivity index (χ4v) is 3.74. The van der Waals surface area contributed by atoms with Crippen LogP contribution in [0.25, 0.3) is 0 Å². The molecule has 4 amide bonds. The number of nitrogens with zero attached hydrogens (tertiary/aromatic N) is 2. The summed E-state index contributed by atoms with van der Waals surface area (Å²) in [6.45, 7) is 3.46. The molecule has 2 heterocycles. The molecule has 0 radical (unpaired) electrons. The van der Waals surface area contributed by atoms with Gasteiger partial charge < -0.3 is 20.4 Å². The number of carbonyl (C=O) groups excluding carboxylic acids is 2. The predicted octanol–water partition coefficient (Wildman–Crippen LogP) is 0.596. The Kier molecular flexibility index (Phi) is 2.62. The van der Waals surface area contributed by atoms with E-state index in [4.69, 9.17) is 0 Å². The molecule has 4 fully saturated rings. The summed E-state index contributed by atoms with van der Waals surface area (Å²) in [7, 11) is 0. The molecule has 0 aromatic rings. The maximum atomic E-state index is 12.3. The van der Waals surface area contributed by atoms with Gasteiger partial charge >= 0.3 is 12.1 Å². The van der Waals surface area contributed by atoms with Crippen LogP contribution in [0, 0.1) is 11.3 Å². The minimum Gasteiger partial charge on any atom is -0.337 e. The Labute approximate surface area is 118 Å². The molecular weight excluding hydrogens is 256 g/mol. The van der Waals surface area contributed by atoms with Gasteiger partial charge in [0.1, 0.15) is 0 Å². The van der Waals surface area contributed by atoms with E-state index < -0.39 is 0 Å². The van der Waals surface area contributed by atoms with Crippen molar-refractivity contribution in [3.8, 4) is 0 Å². The van der Waals surface area contributed by atoms with Gasteiger partial charge in [0.2, 0.25) is 0 Å². The van der Waals surface area contributed by atoms with Crippen molar-refractivity contribution >= 4 is 12.1 Å². The van der Waals surface area contributed by atoms with Crippen LogP contribution in [0.1, 0.15) is 25.7 Å². The molecule has 2 N–H and O–H groups in total. The van der Waals surface area contributed by atoms with E-state index in [0.29, 0.717) is 31.6 Å². The standard InChI is InChI=1S/C14H22N4O2/c19-12(16-9-14(3-4-14)10-1-2-10)17-5-6-18-11(8-17)7-15-13(18)20/h10-11H,1-9H2,(H,15,20)(H,16,19). The third-order valence-corrected chi connectivity index (χ3v) is 5.45. The lowest BCUT2D eigenvalue weighted by Gasteiger charge is -2.36. The van der Waals surface area contributed by atoms with Crippen LogP contribution in [0.4, 0.5) is 9.59 Å². The molecule has 0 aromatic carbocycles. The molecule has 1 atom stereocenters. The summed E-state index contributed by atoms with van der Waals surface area (Å²) in [5.41, 5.74) is 0.447. The average Bonchev–Trinajstić information content (AvgIpc) is 3.35. The minimum atomic E-state index is 0.0146. The number of urea groups is 2. The third kappa shape index (κ3) is 2.01. The van der Waals surface area contributed by atoms with Crippen molar-refractivity contribution in [1.82, 2.24) is 20.4 Å². The number of nitrogens with one attached hydrogen (secondary N) is 2. The van der Waals surface area contributed by atoms with Crippen LogP contribution < -0.4 is 10.6 Å². The highest BCUT2D eigenvalue weighted by Crippen LogP contribution is 2.60. The Morgan fingerprint density at radius 3 is 2.85 bits per heavy atom. The summed E-state index contributed by atoms with van der Waals surface area (Å²) in [5, 5.41) is 5.97. The van der Waals surface area contributed by atoms with Crippen molar-refractivity contribution in [2.75, 3.05) is 32.7 Å². The van der Waals surface area contributed by atoms with Gasteiger partial charge in [0.15, 0.2) is 0 Å². The zero-order valence-electron chi connectivity index (χ0n) is 11.7. The number of amides is 4. The summed E-state index contributed by atoms with van der Waals surface area (Å²) in [6, 6.07) is 0.219. The van der Waals surface area contributed by atoms with Crippen molar-refractivity contribution in [1.29, 1.82) is 0 Å². The molecular formula is C14H22N4O2. The van der Waals surface area contributed by atoms with Gasteiger partial charge in [-0.05, 0) is 37.0 Å². The number of rotatable bonds is 3. The molecule has 4 aliphatic rings. The lowest BCUT2D eigenvalue weighted by atomic mass is 10.0. The van der Waals surface area contributed by atoms with E-state index in [1.807, 2.05) is 9.80 Å². The van der Waals surface area contributed by atoms with Gasteiger partial charge in [-0.25, -0.2) is 9.59 Å². The van der Waals surface area contributed by atoms with E-state index >= 15 is 0 Å². The van der Waals surface area contributed by atoms with E-state index in [1.165, 1.54) is 25.7 Å². The summed E-state index contributed by atoms with van der Waals surface area (Å²) in [5.74, 6) is 0.872. The normalized spacial score (nSPS) is 30.8. The maximum absolute atomic E-state index is 12.3. The first kappa shape index (κ1) is 12.3. The largest absolute Gasteiger partial charge is 0.337 e. The Balaban J connectivity index is 1.30. The minimum absolute atomic E-state index is 0.0146. The van der Waals surface area contributed by atoms with E-state index in [9.17, 15) is 9.59 Å².